The summed E-state index contributed by atoms with van der Waals surface area (Å²) in [7, 11) is 0. The van der Waals surface area contributed by atoms with Crippen LogP contribution in [0.2, 0.25) is 0 Å². The second kappa shape index (κ2) is 13.9. The van der Waals surface area contributed by atoms with Crippen molar-refractivity contribution in [1.29, 1.82) is 0 Å². The first kappa shape index (κ1) is 28.3. The first-order valence-corrected chi connectivity index (χ1v) is 12.4. The van der Waals surface area contributed by atoms with Gasteiger partial charge in [0, 0.05) is 41.8 Å². The lowest BCUT2D eigenvalue weighted by atomic mass is 10.0. The average Bonchev–Trinajstić information content (AvgIpc) is 3.57. The number of aliphatic carboxylic acids is 1. The Bertz CT molecular complexity index is 1230. The van der Waals surface area contributed by atoms with Crippen molar-refractivity contribution in [2.75, 3.05) is 13.1 Å². The largest absolute Gasteiger partial charge is 0.480 e. The molecule has 2 aromatic heterocycles. The molecule has 3 amide bonds. The van der Waals surface area contributed by atoms with Gasteiger partial charge in [0.15, 0.2) is 0 Å². The third-order valence-corrected chi connectivity index (χ3v) is 6.11. The first-order chi connectivity index (χ1) is 18.3. The Balaban J connectivity index is 1.77. The standard InChI is InChI=1S/C25H34N8O5/c26-8-4-3-7-19(23(35)33-21(25(37)38)10-16-13-28-14-30-16)32-24(36)20(31-22(34)11-27)9-15-12-29-18-6-2-1-5-17(15)18/h1-2,5-6,12-14,19-21,29H,3-4,7-11,26-27H2,(H,28,30)(H,31,34)(H,32,36)(H,33,35)(H,37,38). The molecule has 0 bridgehead atoms. The maximum Gasteiger partial charge on any atom is 0.326 e. The quantitative estimate of drug-likeness (QED) is 0.118. The van der Waals surface area contributed by atoms with E-state index in [9.17, 15) is 24.3 Å². The molecule has 0 saturated heterocycles. The van der Waals surface area contributed by atoms with E-state index in [0.29, 0.717) is 25.1 Å². The molecule has 204 valence electrons. The van der Waals surface area contributed by atoms with Gasteiger partial charge in [-0.25, -0.2) is 9.78 Å². The lowest BCUT2D eigenvalue weighted by molar-refractivity contribution is -0.142. The highest BCUT2D eigenvalue weighted by molar-refractivity contribution is 5.94. The van der Waals surface area contributed by atoms with E-state index in [-0.39, 0.29) is 25.8 Å². The van der Waals surface area contributed by atoms with Crippen molar-refractivity contribution in [3.05, 3.63) is 54.2 Å². The predicted octanol–water partition coefficient (Wildman–Crippen LogP) is -0.697. The van der Waals surface area contributed by atoms with Gasteiger partial charge in [0.05, 0.1) is 12.9 Å². The van der Waals surface area contributed by atoms with Crippen molar-refractivity contribution < 1.29 is 24.3 Å². The molecule has 0 saturated carbocycles. The summed E-state index contributed by atoms with van der Waals surface area (Å²) in [5.41, 5.74) is 13.3. The smallest absolute Gasteiger partial charge is 0.326 e. The summed E-state index contributed by atoms with van der Waals surface area (Å²) in [6.07, 6.45) is 6.14. The monoisotopic (exact) mass is 526 g/mol. The highest BCUT2D eigenvalue weighted by atomic mass is 16.4. The van der Waals surface area contributed by atoms with E-state index in [1.165, 1.54) is 12.5 Å². The number of benzene rings is 1. The van der Waals surface area contributed by atoms with Crippen LogP contribution in [0, 0.1) is 0 Å². The molecule has 10 N–H and O–H groups in total. The second-order valence-electron chi connectivity index (χ2n) is 8.91. The number of carbonyl (C=O) groups excluding carboxylic acids is 3. The number of H-pyrrole nitrogens is 2. The number of para-hydroxylation sites is 1. The summed E-state index contributed by atoms with van der Waals surface area (Å²) >= 11 is 0. The zero-order valence-corrected chi connectivity index (χ0v) is 20.9. The van der Waals surface area contributed by atoms with E-state index in [1.807, 2.05) is 24.3 Å². The Morgan fingerprint density at radius 2 is 1.66 bits per heavy atom. The fraction of sp³-hybridized carbons (Fsp3) is 0.400. The number of nitrogens with one attached hydrogen (secondary N) is 5. The van der Waals surface area contributed by atoms with Crippen LogP contribution in [0.3, 0.4) is 0 Å². The number of amides is 3. The molecular formula is C25H34N8O5. The van der Waals surface area contributed by atoms with Gasteiger partial charge in [-0.15, -0.1) is 0 Å². The topological polar surface area (TPSA) is 221 Å². The molecule has 3 aromatic rings. The molecule has 1 aromatic carbocycles. The van der Waals surface area contributed by atoms with Crippen molar-refractivity contribution in [2.24, 2.45) is 11.5 Å². The van der Waals surface area contributed by atoms with Crippen LogP contribution in [0.25, 0.3) is 10.9 Å². The third-order valence-electron chi connectivity index (χ3n) is 6.11. The molecule has 0 aliphatic carbocycles. The minimum Gasteiger partial charge on any atom is -0.480 e. The minimum absolute atomic E-state index is 0.0136. The zero-order chi connectivity index (χ0) is 27.5. The van der Waals surface area contributed by atoms with E-state index in [0.717, 1.165) is 16.5 Å². The van der Waals surface area contributed by atoms with Gasteiger partial charge >= 0.3 is 5.97 Å². The number of fused-ring (bicyclic) bond motifs is 1. The van der Waals surface area contributed by atoms with Crippen LogP contribution >= 0.6 is 0 Å². The maximum atomic E-state index is 13.4. The molecule has 0 spiro atoms. The minimum atomic E-state index is -1.24. The van der Waals surface area contributed by atoms with Crippen LogP contribution in [0.1, 0.15) is 30.5 Å². The summed E-state index contributed by atoms with van der Waals surface area (Å²) in [5.74, 6) is -3.00. The number of nitrogens with two attached hydrogens (primary N) is 2. The van der Waals surface area contributed by atoms with E-state index in [4.69, 9.17) is 11.5 Å². The fourth-order valence-corrected chi connectivity index (χ4v) is 4.11. The number of nitrogens with zero attached hydrogens (tertiary/aromatic N) is 1. The number of hydrogen-bond donors (Lipinski definition) is 8. The van der Waals surface area contributed by atoms with E-state index < -0.39 is 41.8 Å². The Morgan fingerprint density at radius 1 is 0.921 bits per heavy atom. The van der Waals surface area contributed by atoms with Crippen LogP contribution in [0.5, 0.6) is 0 Å². The van der Waals surface area contributed by atoms with Crippen LogP contribution in [-0.2, 0) is 32.0 Å². The van der Waals surface area contributed by atoms with Gasteiger partial charge in [-0.05, 0) is 37.4 Å². The summed E-state index contributed by atoms with van der Waals surface area (Å²) in [6, 6.07) is 4.24. The molecule has 0 aliphatic rings. The van der Waals surface area contributed by atoms with E-state index in [1.54, 1.807) is 6.20 Å². The number of aromatic nitrogens is 3. The van der Waals surface area contributed by atoms with Gasteiger partial charge in [0.1, 0.15) is 18.1 Å². The Hall–Kier alpha value is -4.23. The van der Waals surface area contributed by atoms with E-state index >= 15 is 0 Å². The number of imidazole rings is 1. The van der Waals surface area contributed by atoms with Crippen LogP contribution in [-0.4, -0.2) is 75.0 Å². The lowest BCUT2D eigenvalue weighted by Gasteiger charge is -2.24. The Morgan fingerprint density at radius 3 is 2.34 bits per heavy atom. The molecule has 3 unspecified atom stereocenters. The summed E-state index contributed by atoms with van der Waals surface area (Å²) in [6.45, 7) is 0.0849. The van der Waals surface area contributed by atoms with Crippen LogP contribution in [0.4, 0.5) is 0 Å². The zero-order valence-electron chi connectivity index (χ0n) is 20.9. The van der Waals surface area contributed by atoms with Gasteiger partial charge in [-0.2, -0.15) is 0 Å². The van der Waals surface area contributed by atoms with Crippen LogP contribution in [0.15, 0.2) is 43.0 Å². The number of hydrogen-bond acceptors (Lipinski definition) is 7. The number of carboxylic acids is 1. The molecule has 2 heterocycles. The Kier molecular flexibility index (Phi) is 10.4. The highest BCUT2D eigenvalue weighted by Gasteiger charge is 2.30. The number of carboxylic acid groups (broad SMARTS) is 1. The van der Waals surface area contributed by atoms with Crippen molar-refractivity contribution in [2.45, 2.75) is 50.2 Å². The summed E-state index contributed by atoms with van der Waals surface area (Å²) in [5, 5.41) is 18.3. The molecule has 0 aliphatic heterocycles. The molecule has 38 heavy (non-hydrogen) atoms. The van der Waals surface area contributed by atoms with E-state index in [2.05, 4.69) is 30.9 Å². The molecule has 3 atom stereocenters. The SMILES string of the molecule is NCCCCC(NC(=O)C(Cc1c[nH]c2ccccc12)NC(=O)CN)C(=O)NC(Cc1cnc[nH]1)C(=O)O. The molecule has 0 fully saturated rings. The normalized spacial score (nSPS) is 13.4. The first-order valence-electron chi connectivity index (χ1n) is 12.4. The fourth-order valence-electron chi connectivity index (χ4n) is 4.11. The van der Waals surface area contributed by atoms with Crippen molar-refractivity contribution in [1.82, 2.24) is 30.9 Å². The van der Waals surface area contributed by atoms with Crippen molar-refractivity contribution in [3.63, 3.8) is 0 Å². The summed E-state index contributed by atoms with van der Waals surface area (Å²) in [4.78, 5) is 60.3. The summed E-state index contributed by atoms with van der Waals surface area (Å²) < 4.78 is 0. The number of carbonyl (C=O) groups is 4. The Labute approximate surface area is 219 Å². The lowest BCUT2D eigenvalue weighted by Crippen LogP contribution is -2.57. The third kappa shape index (κ3) is 7.88. The molecular weight excluding hydrogens is 492 g/mol. The molecule has 13 heteroatoms. The second-order valence-corrected chi connectivity index (χ2v) is 8.91. The number of rotatable bonds is 15. The molecule has 13 nitrogen and oxygen atoms in total. The molecule has 3 rings (SSSR count). The van der Waals surface area contributed by atoms with Crippen molar-refractivity contribution >= 4 is 34.6 Å². The average molecular weight is 527 g/mol. The van der Waals surface area contributed by atoms with Gasteiger partial charge in [0.2, 0.25) is 17.7 Å². The van der Waals surface area contributed by atoms with Gasteiger partial charge < -0.3 is 42.5 Å². The number of unbranched alkanes of at least 4 members (excludes halogenated alkanes) is 1. The van der Waals surface area contributed by atoms with Gasteiger partial charge in [-0.1, -0.05) is 18.2 Å². The molecule has 0 radical (unpaired) electrons. The van der Waals surface area contributed by atoms with Crippen LogP contribution < -0.4 is 27.4 Å². The predicted molar refractivity (Wildman–Crippen MR) is 140 cm³/mol. The van der Waals surface area contributed by atoms with Gasteiger partial charge in [0.25, 0.3) is 0 Å². The maximum absolute atomic E-state index is 13.4. The van der Waals surface area contributed by atoms with Crippen molar-refractivity contribution in [3.8, 4) is 0 Å². The number of aromatic amines is 2. The van der Waals surface area contributed by atoms with Gasteiger partial charge in [-0.3, -0.25) is 14.4 Å². The highest BCUT2D eigenvalue weighted by Crippen LogP contribution is 2.19.